The van der Waals surface area contributed by atoms with Gasteiger partial charge >= 0.3 is 155 Å². The number of imidazole rings is 1. The van der Waals surface area contributed by atoms with Crippen LogP contribution < -0.4 is 30.3 Å². The summed E-state index contributed by atoms with van der Waals surface area (Å²) in [6.07, 6.45) is 5.75. The van der Waals surface area contributed by atoms with Gasteiger partial charge in [0, 0.05) is 0 Å². The topological polar surface area (TPSA) is 70.4 Å². The second-order valence-corrected chi connectivity index (χ2v) is 10.0. The Bertz CT molecular complexity index is 1100. The van der Waals surface area contributed by atoms with Crippen LogP contribution >= 0.6 is 11.5 Å². The van der Waals surface area contributed by atoms with Gasteiger partial charge in [0.05, 0.1) is 13.1 Å². The summed E-state index contributed by atoms with van der Waals surface area (Å²) < 4.78 is 37.6. The molecule has 1 fully saturated rings. The molecule has 0 saturated carbocycles. The van der Waals surface area contributed by atoms with E-state index in [2.05, 4.69) is 29.8 Å². The minimum absolute atomic E-state index is 0.208. The zero-order valence-corrected chi connectivity index (χ0v) is 19.5. The molecular weight excluding hydrogens is 523 g/mol. The molecule has 160 valence electrons. The number of fused-ring (bicyclic) bond motifs is 1. The number of nitrogens with zero attached hydrogens (tertiary/aromatic N) is 5. The van der Waals surface area contributed by atoms with Gasteiger partial charge in [-0.25, -0.2) is 8.78 Å². The Hall–Kier alpha value is -2.12. The van der Waals surface area contributed by atoms with Crippen molar-refractivity contribution in [1.82, 2.24) is 27.2 Å². The number of rotatable bonds is 8. The second-order valence-electron chi connectivity index (χ2n) is 7.08. The maximum absolute atomic E-state index is 13.0. The fourth-order valence-electron chi connectivity index (χ4n) is 3.23. The average Bonchev–Trinajstić information content (AvgIpc) is 3.27. The summed E-state index contributed by atoms with van der Waals surface area (Å²) in [4.78, 5) is 10.8. The van der Waals surface area contributed by atoms with Crippen molar-refractivity contribution in [2.75, 3.05) is 18.4 Å². The second kappa shape index (κ2) is 8.55. The summed E-state index contributed by atoms with van der Waals surface area (Å²) in [5.41, 5.74) is 4.35. The number of anilines is 2. The molecule has 3 aromatic heterocycles. The molecule has 2 N–H and O–H groups in total. The van der Waals surface area contributed by atoms with Crippen LogP contribution in [0.1, 0.15) is 24.0 Å². The number of nitrogens with one attached hydrogen (secondary N) is 2. The van der Waals surface area contributed by atoms with Crippen LogP contribution in [0, 0.1) is 6.92 Å². The number of aryl methyl sites for hydroxylation is 1. The van der Waals surface area contributed by atoms with Gasteiger partial charge in [0.25, 0.3) is 5.92 Å². The zero-order chi connectivity index (χ0) is 21.3. The number of hydrogen-bond acceptors (Lipinski definition) is 7. The molecule has 0 atom stereocenters. The van der Waals surface area contributed by atoms with E-state index in [-0.39, 0.29) is 34.6 Å². The van der Waals surface area contributed by atoms with Crippen LogP contribution in [-0.2, 0) is 6.54 Å². The van der Waals surface area contributed by atoms with Crippen molar-refractivity contribution in [1.29, 1.82) is 0 Å². The summed E-state index contributed by atoms with van der Waals surface area (Å²) >= 11 is 1.03. The average molecular weight is 544 g/mol. The number of aromatic nitrogens is 4. The van der Waals surface area contributed by atoms with Crippen LogP contribution in [0.25, 0.3) is 11.2 Å². The first-order chi connectivity index (χ1) is 14.3. The van der Waals surface area contributed by atoms with Crippen LogP contribution in [0.5, 0.6) is 0 Å². The van der Waals surface area contributed by atoms with Crippen LogP contribution in [-0.4, -0.2) is 42.7 Å². The molecule has 0 radical (unpaired) electrons. The molecule has 4 rings (SSSR count). The van der Waals surface area contributed by atoms with Crippen LogP contribution in [0.2, 0.25) is 0 Å². The van der Waals surface area contributed by atoms with Crippen LogP contribution in [0.15, 0.2) is 35.3 Å². The van der Waals surface area contributed by atoms with Gasteiger partial charge < -0.3 is 0 Å². The Morgan fingerprint density at radius 1 is 1.43 bits per heavy atom. The normalized spacial score (nSPS) is 16.6. The molecule has 1 aliphatic heterocycles. The third-order valence-corrected chi connectivity index (χ3v) is 6.38. The molecule has 1 saturated heterocycles. The van der Waals surface area contributed by atoms with Gasteiger partial charge in [-0.05, 0) is 0 Å². The van der Waals surface area contributed by atoms with Crippen molar-refractivity contribution in [2.24, 2.45) is 0 Å². The molecule has 7 nitrogen and oxygen atoms in total. The zero-order valence-electron chi connectivity index (χ0n) is 16.5. The Balaban J connectivity index is 1.53. The summed E-state index contributed by atoms with van der Waals surface area (Å²) in [6.45, 7) is 7.71. The molecule has 3 aromatic rings. The molecule has 11 heteroatoms. The molecular formula is C19H21F2IN7S-. The summed E-state index contributed by atoms with van der Waals surface area (Å²) in [5, 5.41) is 4.09. The fraction of sp³-hybridized carbons (Fsp3) is 0.316. The van der Waals surface area contributed by atoms with Crippen molar-refractivity contribution in [3.8, 4) is 0 Å². The summed E-state index contributed by atoms with van der Waals surface area (Å²) in [7, 11) is 0. The standard InChI is InChI=1S/C19H21F2IN7S/c1-4-22-24-6-12(2)15-7-23-18-17(25-13(3)8-29(15)18)26-16-5-14(27-30-16)9-28-10-19(20,21)11-28/h4-8,24H,1,9-11H2,2-3H3,(H,25,26)/q-1/b12-6+. The van der Waals surface area contributed by atoms with Gasteiger partial charge in [0.2, 0.25) is 0 Å². The van der Waals surface area contributed by atoms with E-state index in [1.807, 2.05) is 47.0 Å². The molecule has 30 heavy (non-hydrogen) atoms. The Kier molecular flexibility index (Phi) is 6.02. The third-order valence-electron chi connectivity index (χ3n) is 4.52. The number of hydrogen-bond donors (Lipinski definition) is 2. The van der Waals surface area contributed by atoms with Crippen molar-refractivity contribution >= 4 is 33.6 Å². The first kappa shape index (κ1) is 21.1. The molecule has 0 aliphatic carbocycles. The van der Waals surface area contributed by atoms with Crippen molar-refractivity contribution in [3.63, 3.8) is 0 Å². The SMILES string of the molecule is C=C[I-]N/C=C(\C)c1cnc2c(Nc3cc(CN4CC(F)(F)C4)ns3)nc(C)cn12. The number of alkyl halides is 2. The minimum atomic E-state index is -2.57. The van der Waals surface area contributed by atoms with E-state index in [0.29, 0.717) is 18.0 Å². The van der Waals surface area contributed by atoms with E-state index >= 15 is 0 Å². The van der Waals surface area contributed by atoms with Crippen molar-refractivity contribution in [3.05, 3.63) is 52.4 Å². The van der Waals surface area contributed by atoms with E-state index in [1.54, 1.807) is 4.90 Å². The molecule has 0 spiro atoms. The van der Waals surface area contributed by atoms with Gasteiger partial charge in [0.15, 0.2) is 0 Å². The van der Waals surface area contributed by atoms with Crippen molar-refractivity contribution < 1.29 is 30.3 Å². The number of allylic oxidation sites excluding steroid dienone is 1. The first-order valence-corrected chi connectivity index (χ1v) is 12.3. The molecule has 4 heterocycles. The Morgan fingerprint density at radius 3 is 2.97 bits per heavy atom. The van der Waals surface area contributed by atoms with E-state index in [9.17, 15) is 8.78 Å². The van der Waals surface area contributed by atoms with E-state index in [0.717, 1.165) is 27.7 Å². The molecule has 0 unspecified atom stereocenters. The van der Waals surface area contributed by atoms with Gasteiger partial charge in [-0.3, -0.25) is 4.90 Å². The maximum atomic E-state index is 13.0. The molecule has 1 aliphatic rings. The predicted octanol–water partition coefficient (Wildman–Crippen LogP) is 0.787. The number of halogens is 3. The van der Waals surface area contributed by atoms with E-state index in [1.165, 1.54) is 11.5 Å². The van der Waals surface area contributed by atoms with Gasteiger partial charge in [-0.15, -0.1) is 0 Å². The molecule has 0 aromatic carbocycles. The van der Waals surface area contributed by atoms with Crippen LogP contribution in [0.4, 0.5) is 19.6 Å². The predicted molar refractivity (Wildman–Crippen MR) is 110 cm³/mol. The van der Waals surface area contributed by atoms with E-state index < -0.39 is 5.92 Å². The van der Waals surface area contributed by atoms with Crippen molar-refractivity contribution in [2.45, 2.75) is 26.3 Å². The quantitative estimate of drug-likeness (QED) is 0.249. The third kappa shape index (κ3) is 4.62. The van der Waals surface area contributed by atoms with Crippen LogP contribution in [0.3, 0.4) is 0 Å². The Morgan fingerprint density at radius 2 is 2.23 bits per heavy atom. The van der Waals surface area contributed by atoms with Gasteiger partial charge in [0.1, 0.15) is 0 Å². The monoisotopic (exact) mass is 544 g/mol. The first-order valence-electron chi connectivity index (χ1n) is 9.18. The van der Waals surface area contributed by atoms with E-state index in [4.69, 9.17) is 0 Å². The molecule has 0 amide bonds. The summed E-state index contributed by atoms with van der Waals surface area (Å²) in [5.74, 6) is -1.94. The molecule has 0 bridgehead atoms. The number of likely N-dealkylation sites (tertiary alicyclic amines) is 1. The van der Waals surface area contributed by atoms with Gasteiger partial charge in [-0.1, -0.05) is 0 Å². The van der Waals surface area contributed by atoms with Gasteiger partial charge in [-0.2, -0.15) is 0 Å². The Labute approximate surface area is 187 Å². The fourth-order valence-corrected chi connectivity index (χ4v) is 4.79. The summed E-state index contributed by atoms with van der Waals surface area (Å²) in [6, 6.07) is 1.87.